The molecular formula is C16H12Cl2N2O. The van der Waals surface area contributed by atoms with Crippen molar-refractivity contribution in [1.29, 1.82) is 0 Å². The Morgan fingerprint density at radius 3 is 2.67 bits per heavy atom. The van der Waals surface area contributed by atoms with Gasteiger partial charge in [-0.15, -0.1) is 0 Å². The maximum atomic E-state index is 12.4. The van der Waals surface area contributed by atoms with Gasteiger partial charge in [-0.3, -0.25) is 4.79 Å². The number of carbonyl (C=O) groups excluding carboxylic acids is 1. The van der Waals surface area contributed by atoms with E-state index in [9.17, 15) is 4.79 Å². The van der Waals surface area contributed by atoms with Crippen molar-refractivity contribution in [2.24, 2.45) is 0 Å². The van der Waals surface area contributed by atoms with Crippen molar-refractivity contribution in [2.45, 2.75) is 13.3 Å². The zero-order chi connectivity index (χ0) is 15.0. The summed E-state index contributed by atoms with van der Waals surface area (Å²) in [6, 6.07) is 9.00. The Morgan fingerprint density at radius 2 is 1.95 bits per heavy atom. The molecule has 0 unspecified atom stereocenters. The standard InChI is InChI=1S/C16H12Cl2N2O/c1-9-5-11-6-10(8-19-16(11)20-9)7-14(21)15-12(17)3-2-4-13(15)18/h2-6,8H,7H2,1H3,(H,19,20). The highest BCUT2D eigenvalue weighted by atomic mass is 35.5. The van der Waals surface area contributed by atoms with Gasteiger partial charge in [0.1, 0.15) is 5.65 Å². The molecule has 0 amide bonds. The highest BCUT2D eigenvalue weighted by molar-refractivity contribution is 6.39. The number of carbonyl (C=O) groups is 1. The van der Waals surface area contributed by atoms with Crippen LogP contribution in [0, 0.1) is 6.92 Å². The molecule has 5 heteroatoms. The molecule has 0 aliphatic heterocycles. The summed E-state index contributed by atoms with van der Waals surface area (Å²) in [5.74, 6) is -0.112. The Morgan fingerprint density at radius 1 is 1.24 bits per heavy atom. The molecule has 0 saturated heterocycles. The predicted molar refractivity (Wildman–Crippen MR) is 85.3 cm³/mol. The average molecular weight is 319 g/mol. The van der Waals surface area contributed by atoms with Crippen molar-refractivity contribution in [3.05, 3.63) is 63.4 Å². The van der Waals surface area contributed by atoms with Gasteiger partial charge in [-0.1, -0.05) is 29.3 Å². The number of aromatic nitrogens is 2. The molecule has 0 aliphatic rings. The molecule has 3 rings (SSSR count). The number of Topliss-reactive ketones (excluding diaryl/α,β-unsaturated/α-hetero) is 1. The lowest BCUT2D eigenvalue weighted by Crippen LogP contribution is -2.05. The van der Waals surface area contributed by atoms with Crippen LogP contribution in [0.15, 0.2) is 36.5 Å². The highest BCUT2D eigenvalue weighted by Crippen LogP contribution is 2.26. The molecule has 0 fully saturated rings. The average Bonchev–Trinajstić information content (AvgIpc) is 2.77. The number of fused-ring (bicyclic) bond motifs is 1. The lowest BCUT2D eigenvalue weighted by molar-refractivity contribution is 0.0993. The predicted octanol–water partition coefficient (Wildman–Crippen LogP) is 4.60. The number of hydrogen-bond donors (Lipinski definition) is 1. The molecule has 0 spiro atoms. The summed E-state index contributed by atoms with van der Waals surface area (Å²) in [5, 5.41) is 1.74. The lowest BCUT2D eigenvalue weighted by atomic mass is 10.0. The number of rotatable bonds is 3. The number of ketones is 1. The summed E-state index contributed by atoms with van der Waals surface area (Å²) in [6.07, 6.45) is 1.91. The number of benzene rings is 1. The van der Waals surface area contributed by atoms with Gasteiger partial charge in [-0.05, 0) is 36.8 Å². The minimum absolute atomic E-state index is 0.112. The van der Waals surface area contributed by atoms with Crippen LogP contribution in [0.3, 0.4) is 0 Å². The van der Waals surface area contributed by atoms with Crippen LogP contribution in [0.25, 0.3) is 11.0 Å². The van der Waals surface area contributed by atoms with Crippen LogP contribution < -0.4 is 0 Å². The fourth-order valence-electron chi connectivity index (χ4n) is 2.33. The summed E-state index contributed by atoms with van der Waals surface area (Å²) >= 11 is 12.1. The van der Waals surface area contributed by atoms with E-state index >= 15 is 0 Å². The van der Waals surface area contributed by atoms with Crippen molar-refractivity contribution in [2.75, 3.05) is 0 Å². The van der Waals surface area contributed by atoms with Crippen molar-refractivity contribution in [3.8, 4) is 0 Å². The first-order chi connectivity index (χ1) is 10.0. The van der Waals surface area contributed by atoms with Crippen LogP contribution in [0.4, 0.5) is 0 Å². The molecule has 3 nitrogen and oxygen atoms in total. The molecule has 0 atom stereocenters. The zero-order valence-corrected chi connectivity index (χ0v) is 12.8. The third kappa shape index (κ3) is 2.80. The Kier molecular flexibility index (Phi) is 3.70. The van der Waals surface area contributed by atoms with Gasteiger partial charge >= 0.3 is 0 Å². The smallest absolute Gasteiger partial charge is 0.170 e. The molecule has 0 bridgehead atoms. The quantitative estimate of drug-likeness (QED) is 0.717. The maximum absolute atomic E-state index is 12.4. The summed E-state index contributed by atoms with van der Waals surface area (Å²) in [6.45, 7) is 1.97. The number of aromatic amines is 1. The van der Waals surface area contributed by atoms with E-state index in [0.29, 0.717) is 15.6 Å². The van der Waals surface area contributed by atoms with Crippen LogP contribution in [-0.2, 0) is 6.42 Å². The summed E-state index contributed by atoms with van der Waals surface area (Å²) in [5.41, 5.74) is 3.06. The van der Waals surface area contributed by atoms with E-state index in [1.807, 2.05) is 19.1 Å². The van der Waals surface area contributed by atoms with Gasteiger partial charge in [0.2, 0.25) is 0 Å². The van der Waals surface area contributed by atoms with Crippen molar-refractivity contribution in [1.82, 2.24) is 9.97 Å². The Hall–Kier alpha value is -1.84. The van der Waals surface area contributed by atoms with Crippen LogP contribution >= 0.6 is 23.2 Å². The summed E-state index contributed by atoms with van der Waals surface area (Å²) in [7, 11) is 0. The lowest BCUT2D eigenvalue weighted by Gasteiger charge is -2.06. The Labute approximate surface area is 131 Å². The Balaban J connectivity index is 1.92. The third-order valence-corrected chi connectivity index (χ3v) is 3.90. The number of nitrogens with one attached hydrogen (secondary N) is 1. The molecule has 1 aromatic carbocycles. The molecule has 0 radical (unpaired) electrons. The van der Waals surface area contributed by atoms with Gasteiger partial charge in [0.05, 0.1) is 15.6 Å². The van der Waals surface area contributed by atoms with Gasteiger partial charge in [0.25, 0.3) is 0 Å². The van der Waals surface area contributed by atoms with Crippen LogP contribution in [0.5, 0.6) is 0 Å². The van der Waals surface area contributed by atoms with E-state index in [-0.39, 0.29) is 12.2 Å². The van der Waals surface area contributed by atoms with E-state index in [2.05, 4.69) is 9.97 Å². The number of aryl methyl sites for hydroxylation is 1. The van der Waals surface area contributed by atoms with E-state index in [0.717, 1.165) is 22.3 Å². The number of H-pyrrole nitrogens is 1. The Bertz CT molecular complexity index is 819. The van der Waals surface area contributed by atoms with E-state index in [1.54, 1.807) is 24.4 Å². The summed E-state index contributed by atoms with van der Waals surface area (Å²) in [4.78, 5) is 19.9. The first kappa shape index (κ1) is 14.1. The normalized spacial score (nSPS) is 11.0. The van der Waals surface area contributed by atoms with Crippen molar-refractivity contribution in [3.63, 3.8) is 0 Å². The van der Waals surface area contributed by atoms with E-state index in [1.165, 1.54) is 0 Å². The minimum atomic E-state index is -0.112. The fourth-order valence-corrected chi connectivity index (χ4v) is 2.94. The molecular weight excluding hydrogens is 307 g/mol. The van der Waals surface area contributed by atoms with Crippen LogP contribution in [-0.4, -0.2) is 15.8 Å². The van der Waals surface area contributed by atoms with E-state index in [4.69, 9.17) is 23.2 Å². The monoisotopic (exact) mass is 318 g/mol. The SMILES string of the molecule is Cc1cc2cc(CC(=O)c3c(Cl)cccc3Cl)cnc2[nH]1. The van der Waals surface area contributed by atoms with Gasteiger partial charge in [0.15, 0.2) is 5.78 Å². The number of nitrogens with zero attached hydrogens (tertiary/aromatic N) is 1. The van der Waals surface area contributed by atoms with Gasteiger partial charge < -0.3 is 4.98 Å². The number of pyridine rings is 1. The van der Waals surface area contributed by atoms with Crippen LogP contribution in [0.1, 0.15) is 21.6 Å². The van der Waals surface area contributed by atoms with Crippen molar-refractivity contribution < 1.29 is 4.79 Å². The minimum Gasteiger partial charge on any atom is -0.344 e. The largest absolute Gasteiger partial charge is 0.344 e. The topological polar surface area (TPSA) is 45.8 Å². The fraction of sp³-hybridized carbons (Fsp3) is 0.125. The number of halogens is 2. The highest BCUT2D eigenvalue weighted by Gasteiger charge is 2.15. The second kappa shape index (κ2) is 5.51. The molecule has 0 aliphatic carbocycles. The van der Waals surface area contributed by atoms with Gasteiger partial charge in [0, 0.05) is 23.7 Å². The molecule has 21 heavy (non-hydrogen) atoms. The molecule has 2 heterocycles. The molecule has 1 N–H and O–H groups in total. The molecule has 3 aromatic rings. The first-order valence-corrected chi connectivity index (χ1v) is 7.21. The van der Waals surface area contributed by atoms with Gasteiger partial charge in [-0.25, -0.2) is 4.98 Å². The second-order valence-electron chi connectivity index (χ2n) is 4.93. The molecule has 106 valence electrons. The maximum Gasteiger partial charge on any atom is 0.170 e. The number of hydrogen-bond acceptors (Lipinski definition) is 2. The first-order valence-electron chi connectivity index (χ1n) is 6.46. The van der Waals surface area contributed by atoms with Crippen LogP contribution in [0.2, 0.25) is 10.0 Å². The van der Waals surface area contributed by atoms with E-state index < -0.39 is 0 Å². The molecule has 2 aromatic heterocycles. The third-order valence-electron chi connectivity index (χ3n) is 3.27. The molecule has 0 saturated carbocycles. The van der Waals surface area contributed by atoms with Gasteiger partial charge in [-0.2, -0.15) is 0 Å². The second-order valence-corrected chi connectivity index (χ2v) is 5.74. The zero-order valence-electron chi connectivity index (χ0n) is 11.3. The van der Waals surface area contributed by atoms with Crippen molar-refractivity contribution >= 4 is 40.0 Å². The summed E-state index contributed by atoms with van der Waals surface area (Å²) < 4.78 is 0.